The number of carbonyl (C=O) groups is 1. The molecular formula is C19H24N4O2. The van der Waals surface area contributed by atoms with E-state index in [1.54, 1.807) is 13.2 Å². The van der Waals surface area contributed by atoms with Gasteiger partial charge in [-0.3, -0.25) is 4.79 Å². The van der Waals surface area contributed by atoms with Gasteiger partial charge in [0.15, 0.2) is 0 Å². The first kappa shape index (κ1) is 17.2. The standard InChI is InChI=1S/C19H24N4O2/c1-14-7-9-23(10-8-14)18-11-16(21-13-22-18)19(24)20-12-15-5-3-4-6-17(15)25-2/h3-6,11,13-14H,7-10,12H2,1-2H3,(H,20,24). The Balaban J connectivity index is 1.65. The van der Waals surface area contributed by atoms with E-state index in [1.807, 2.05) is 24.3 Å². The molecule has 1 N–H and O–H groups in total. The van der Waals surface area contributed by atoms with Crippen LogP contribution in [0.25, 0.3) is 0 Å². The highest BCUT2D eigenvalue weighted by Crippen LogP contribution is 2.21. The Hall–Kier alpha value is -2.63. The number of anilines is 1. The van der Waals surface area contributed by atoms with Gasteiger partial charge in [0.1, 0.15) is 23.6 Å². The third-order valence-electron chi connectivity index (χ3n) is 4.62. The molecule has 1 aliphatic heterocycles. The molecule has 1 aliphatic rings. The first-order valence-electron chi connectivity index (χ1n) is 8.64. The molecule has 0 aliphatic carbocycles. The molecular weight excluding hydrogens is 316 g/mol. The third-order valence-corrected chi connectivity index (χ3v) is 4.62. The molecule has 1 amide bonds. The summed E-state index contributed by atoms with van der Waals surface area (Å²) >= 11 is 0. The molecule has 132 valence electrons. The van der Waals surface area contributed by atoms with Crippen LogP contribution in [0, 0.1) is 5.92 Å². The lowest BCUT2D eigenvalue weighted by molar-refractivity contribution is 0.0945. The van der Waals surface area contributed by atoms with Crippen molar-refractivity contribution in [3.05, 3.63) is 47.9 Å². The average Bonchev–Trinajstić information content (AvgIpc) is 2.67. The molecule has 0 atom stereocenters. The van der Waals surface area contributed by atoms with Gasteiger partial charge < -0.3 is 15.0 Å². The number of nitrogens with zero attached hydrogens (tertiary/aromatic N) is 3. The Bertz CT molecular complexity index is 727. The van der Waals surface area contributed by atoms with Gasteiger partial charge >= 0.3 is 0 Å². The number of aromatic nitrogens is 2. The number of carbonyl (C=O) groups excluding carboxylic acids is 1. The molecule has 6 nitrogen and oxygen atoms in total. The van der Waals surface area contributed by atoms with Crippen molar-refractivity contribution in [3.8, 4) is 5.75 Å². The fraction of sp³-hybridized carbons (Fsp3) is 0.421. The van der Waals surface area contributed by atoms with Gasteiger partial charge in [0, 0.05) is 31.3 Å². The van der Waals surface area contributed by atoms with Crippen LogP contribution in [0.1, 0.15) is 35.8 Å². The quantitative estimate of drug-likeness (QED) is 0.906. The van der Waals surface area contributed by atoms with E-state index in [1.165, 1.54) is 6.33 Å². The van der Waals surface area contributed by atoms with E-state index in [4.69, 9.17) is 4.74 Å². The number of para-hydroxylation sites is 1. The van der Waals surface area contributed by atoms with Gasteiger partial charge in [0.2, 0.25) is 0 Å². The number of ether oxygens (including phenoxy) is 1. The maximum atomic E-state index is 12.4. The van der Waals surface area contributed by atoms with Crippen LogP contribution >= 0.6 is 0 Å². The van der Waals surface area contributed by atoms with Crippen molar-refractivity contribution >= 4 is 11.7 Å². The van der Waals surface area contributed by atoms with Crippen LogP contribution in [0.5, 0.6) is 5.75 Å². The molecule has 1 aromatic carbocycles. The van der Waals surface area contributed by atoms with Crippen LogP contribution in [-0.2, 0) is 6.54 Å². The van der Waals surface area contributed by atoms with Gasteiger partial charge in [0.05, 0.1) is 7.11 Å². The second kappa shape index (κ2) is 7.96. The molecule has 6 heteroatoms. The zero-order valence-electron chi connectivity index (χ0n) is 14.7. The number of piperidine rings is 1. The zero-order chi connectivity index (χ0) is 17.6. The Kier molecular flexibility index (Phi) is 5.48. The van der Waals surface area contributed by atoms with Crippen LogP contribution in [0.15, 0.2) is 36.7 Å². The summed E-state index contributed by atoms with van der Waals surface area (Å²) in [5, 5.41) is 2.90. The van der Waals surface area contributed by atoms with Crippen LogP contribution < -0.4 is 15.0 Å². The molecule has 1 saturated heterocycles. The van der Waals surface area contributed by atoms with Crippen molar-refractivity contribution in [2.75, 3.05) is 25.1 Å². The largest absolute Gasteiger partial charge is 0.496 e. The van der Waals surface area contributed by atoms with E-state index in [2.05, 4.69) is 27.1 Å². The number of rotatable bonds is 5. The molecule has 2 heterocycles. The van der Waals surface area contributed by atoms with E-state index >= 15 is 0 Å². The Morgan fingerprint density at radius 2 is 2.04 bits per heavy atom. The van der Waals surface area contributed by atoms with Crippen molar-refractivity contribution < 1.29 is 9.53 Å². The summed E-state index contributed by atoms with van der Waals surface area (Å²) in [7, 11) is 1.62. The molecule has 0 bridgehead atoms. The highest BCUT2D eigenvalue weighted by Gasteiger charge is 2.18. The number of nitrogens with one attached hydrogen (secondary N) is 1. The minimum absolute atomic E-state index is 0.208. The second-order valence-corrected chi connectivity index (χ2v) is 6.43. The lowest BCUT2D eigenvalue weighted by Gasteiger charge is -2.31. The van der Waals surface area contributed by atoms with E-state index in [9.17, 15) is 4.79 Å². The second-order valence-electron chi connectivity index (χ2n) is 6.43. The van der Waals surface area contributed by atoms with Crippen LogP contribution in [0.4, 0.5) is 5.82 Å². The highest BCUT2D eigenvalue weighted by molar-refractivity contribution is 5.92. The molecule has 0 radical (unpaired) electrons. The minimum atomic E-state index is -0.208. The van der Waals surface area contributed by atoms with E-state index in [0.29, 0.717) is 12.2 Å². The molecule has 2 aromatic rings. The van der Waals surface area contributed by atoms with Gasteiger partial charge in [-0.25, -0.2) is 9.97 Å². The number of hydrogen-bond donors (Lipinski definition) is 1. The topological polar surface area (TPSA) is 67.3 Å². The summed E-state index contributed by atoms with van der Waals surface area (Å²) in [6, 6.07) is 9.40. The summed E-state index contributed by atoms with van der Waals surface area (Å²) in [5.41, 5.74) is 1.32. The van der Waals surface area contributed by atoms with Crippen LogP contribution in [0.2, 0.25) is 0 Å². The van der Waals surface area contributed by atoms with Crippen molar-refractivity contribution in [2.24, 2.45) is 5.92 Å². The summed E-state index contributed by atoms with van der Waals surface area (Å²) in [6.45, 7) is 4.61. The summed E-state index contributed by atoms with van der Waals surface area (Å²) in [6.07, 6.45) is 3.77. The minimum Gasteiger partial charge on any atom is -0.496 e. The smallest absolute Gasteiger partial charge is 0.270 e. The summed E-state index contributed by atoms with van der Waals surface area (Å²) in [5.74, 6) is 2.12. The Morgan fingerprint density at radius 3 is 2.80 bits per heavy atom. The molecule has 0 saturated carbocycles. The molecule has 3 rings (SSSR count). The number of amides is 1. The molecule has 25 heavy (non-hydrogen) atoms. The highest BCUT2D eigenvalue weighted by atomic mass is 16.5. The monoisotopic (exact) mass is 340 g/mol. The molecule has 0 unspecified atom stereocenters. The molecule has 1 fully saturated rings. The average molecular weight is 340 g/mol. The van der Waals surface area contributed by atoms with Crippen LogP contribution in [-0.4, -0.2) is 36.1 Å². The van der Waals surface area contributed by atoms with Crippen LogP contribution in [0.3, 0.4) is 0 Å². The number of methoxy groups -OCH3 is 1. The third kappa shape index (κ3) is 4.26. The first-order valence-corrected chi connectivity index (χ1v) is 8.64. The van der Waals surface area contributed by atoms with Gasteiger partial charge in [0.25, 0.3) is 5.91 Å². The summed E-state index contributed by atoms with van der Waals surface area (Å²) < 4.78 is 5.31. The maximum Gasteiger partial charge on any atom is 0.270 e. The summed E-state index contributed by atoms with van der Waals surface area (Å²) in [4.78, 5) is 23.1. The van der Waals surface area contributed by atoms with Crippen molar-refractivity contribution in [1.29, 1.82) is 0 Å². The lowest BCUT2D eigenvalue weighted by Crippen LogP contribution is -2.34. The first-order chi connectivity index (χ1) is 12.2. The van der Waals surface area contributed by atoms with Crippen molar-refractivity contribution in [1.82, 2.24) is 15.3 Å². The van der Waals surface area contributed by atoms with Gasteiger partial charge in [-0.15, -0.1) is 0 Å². The Labute approximate surface area is 148 Å². The fourth-order valence-corrected chi connectivity index (χ4v) is 3.00. The predicted molar refractivity (Wildman–Crippen MR) is 96.8 cm³/mol. The van der Waals surface area contributed by atoms with Gasteiger partial charge in [-0.2, -0.15) is 0 Å². The molecule has 1 aromatic heterocycles. The number of benzene rings is 1. The van der Waals surface area contributed by atoms with Gasteiger partial charge in [-0.1, -0.05) is 25.1 Å². The van der Waals surface area contributed by atoms with E-state index in [-0.39, 0.29) is 5.91 Å². The van der Waals surface area contributed by atoms with Crippen molar-refractivity contribution in [2.45, 2.75) is 26.3 Å². The van der Waals surface area contributed by atoms with Gasteiger partial charge in [-0.05, 0) is 24.8 Å². The predicted octanol–water partition coefficient (Wildman–Crippen LogP) is 2.65. The maximum absolute atomic E-state index is 12.4. The van der Waals surface area contributed by atoms with E-state index in [0.717, 1.165) is 49.0 Å². The van der Waals surface area contributed by atoms with Crippen molar-refractivity contribution in [3.63, 3.8) is 0 Å². The number of hydrogen-bond acceptors (Lipinski definition) is 5. The SMILES string of the molecule is COc1ccccc1CNC(=O)c1cc(N2CCC(C)CC2)ncn1. The Morgan fingerprint density at radius 1 is 1.28 bits per heavy atom. The normalized spacial score (nSPS) is 15.0. The fourth-order valence-electron chi connectivity index (χ4n) is 3.00. The molecule has 0 spiro atoms. The lowest BCUT2D eigenvalue weighted by atomic mass is 9.99. The van der Waals surface area contributed by atoms with E-state index < -0.39 is 0 Å². The zero-order valence-corrected chi connectivity index (χ0v) is 14.7.